The molecule has 1 aromatic heterocycles. The molecular formula is C14H24N2O. The Kier molecular flexibility index (Phi) is 4.24. The zero-order valence-corrected chi connectivity index (χ0v) is 10.9. The third-order valence-electron chi connectivity index (χ3n) is 4.10. The van der Waals surface area contributed by atoms with Crippen LogP contribution in [-0.4, -0.2) is 23.5 Å². The van der Waals surface area contributed by atoms with Crippen LogP contribution < -0.4 is 5.73 Å². The van der Waals surface area contributed by atoms with Gasteiger partial charge in [0.25, 0.3) is 0 Å². The van der Waals surface area contributed by atoms with Crippen molar-refractivity contribution in [2.75, 3.05) is 6.54 Å². The largest absolute Gasteiger partial charge is 0.472 e. The molecule has 1 fully saturated rings. The van der Waals surface area contributed by atoms with E-state index >= 15 is 0 Å². The number of nitrogens with two attached hydrogens (primary N) is 1. The van der Waals surface area contributed by atoms with Crippen LogP contribution in [0.3, 0.4) is 0 Å². The van der Waals surface area contributed by atoms with Gasteiger partial charge in [0.05, 0.1) is 12.5 Å². The molecule has 17 heavy (non-hydrogen) atoms. The molecule has 1 aliphatic carbocycles. The second kappa shape index (κ2) is 5.69. The molecule has 1 heterocycles. The third kappa shape index (κ3) is 2.90. The summed E-state index contributed by atoms with van der Waals surface area (Å²) >= 11 is 0. The summed E-state index contributed by atoms with van der Waals surface area (Å²) < 4.78 is 5.19. The van der Waals surface area contributed by atoms with Crippen molar-refractivity contribution in [3.05, 3.63) is 24.2 Å². The number of hydrogen-bond donors (Lipinski definition) is 1. The first kappa shape index (κ1) is 12.7. The molecule has 1 saturated carbocycles. The Morgan fingerprint density at radius 3 is 2.65 bits per heavy atom. The summed E-state index contributed by atoms with van der Waals surface area (Å²) in [7, 11) is 0. The molecule has 0 aromatic carbocycles. The van der Waals surface area contributed by atoms with Gasteiger partial charge in [0.15, 0.2) is 0 Å². The SMILES string of the molecule is CCN(C1CCC(N)CC1)C(C)c1ccoc1. The standard InChI is InChI=1S/C14H24N2O/c1-3-16(11(2)12-8-9-17-10-12)14-6-4-13(15)5-7-14/h8-11,13-14H,3-7,15H2,1-2H3. The van der Waals surface area contributed by atoms with Gasteiger partial charge in [-0.15, -0.1) is 0 Å². The fourth-order valence-electron chi connectivity index (χ4n) is 2.99. The van der Waals surface area contributed by atoms with E-state index in [9.17, 15) is 0 Å². The highest BCUT2D eigenvalue weighted by molar-refractivity contribution is 5.11. The van der Waals surface area contributed by atoms with Gasteiger partial charge in [0, 0.05) is 23.7 Å². The summed E-state index contributed by atoms with van der Waals surface area (Å²) in [6.45, 7) is 5.60. The van der Waals surface area contributed by atoms with Gasteiger partial charge in [0.2, 0.25) is 0 Å². The first-order chi connectivity index (χ1) is 8.22. The van der Waals surface area contributed by atoms with Crippen molar-refractivity contribution in [2.45, 2.75) is 57.7 Å². The number of nitrogens with zero attached hydrogens (tertiary/aromatic N) is 1. The molecule has 0 bridgehead atoms. The summed E-state index contributed by atoms with van der Waals surface area (Å²) in [5.74, 6) is 0. The lowest BCUT2D eigenvalue weighted by Gasteiger charge is -2.38. The van der Waals surface area contributed by atoms with Gasteiger partial charge in [0.1, 0.15) is 0 Å². The van der Waals surface area contributed by atoms with Crippen molar-refractivity contribution >= 4 is 0 Å². The molecule has 3 heteroatoms. The molecule has 1 unspecified atom stereocenters. The molecule has 96 valence electrons. The van der Waals surface area contributed by atoms with Crippen molar-refractivity contribution in [3.63, 3.8) is 0 Å². The van der Waals surface area contributed by atoms with Crippen LogP contribution in [0.2, 0.25) is 0 Å². The predicted octanol–water partition coefficient (Wildman–Crippen LogP) is 2.93. The zero-order valence-electron chi connectivity index (χ0n) is 10.9. The van der Waals surface area contributed by atoms with Crippen molar-refractivity contribution in [3.8, 4) is 0 Å². The van der Waals surface area contributed by atoms with Gasteiger partial charge in [-0.3, -0.25) is 4.90 Å². The van der Waals surface area contributed by atoms with Gasteiger partial charge in [-0.25, -0.2) is 0 Å². The maximum atomic E-state index is 5.98. The average molecular weight is 236 g/mol. The number of hydrogen-bond acceptors (Lipinski definition) is 3. The molecule has 2 N–H and O–H groups in total. The minimum absolute atomic E-state index is 0.425. The molecule has 1 aromatic rings. The van der Waals surface area contributed by atoms with Crippen LogP contribution >= 0.6 is 0 Å². The molecule has 3 nitrogen and oxygen atoms in total. The van der Waals surface area contributed by atoms with Crippen LogP contribution in [0.15, 0.2) is 23.0 Å². The van der Waals surface area contributed by atoms with Crippen LogP contribution in [0.5, 0.6) is 0 Å². The molecular weight excluding hydrogens is 212 g/mol. The van der Waals surface area contributed by atoms with Crippen LogP contribution in [-0.2, 0) is 0 Å². The van der Waals surface area contributed by atoms with E-state index in [4.69, 9.17) is 10.2 Å². The smallest absolute Gasteiger partial charge is 0.0950 e. The van der Waals surface area contributed by atoms with Gasteiger partial charge < -0.3 is 10.2 Å². The fourth-order valence-corrected chi connectivity index (χ4v) is 2.99. The first-order valence-electron chi connectivity index (χ1n) is 6.75. The predicted molar refractivity (Wildman–Crippen MR) is 69.7 cm³/mol. The second-order valence-corrected chi connectivity index (χ2v) is 5.13. The minimum Gasteiger partial charge on any atom is -0.472 e. The highest BCUT2D eigenvalue weighted by atomic mass is 16.3. The molecule has 1 atom stereocenters. The van der Waals surface area contributed by atoms with Crippen molar-refractivity contribution in [1.82, 2.24) is 4.90 Å². The molecule has 1 aliphatic rings. The van der Waals surface area contributed by atoms with Crippen molar-refractivity contribution < 1.29 is 4.42 Å². The summed E-state index contributed by atoms with van der Waals surface area (Å²) in [5.41, 5.74) is 7.26. The van der Waals surface area contributed by atoms with E-state index in [2.05, 4.69) is 24.8 Å². The Bertz CT molecular complexity index is 315. The van der Waals surface area contributed by atoms with E-state index in [1.165, 1.54) is 31.2 Å². The van der Waals surface area contributed by atoms with Crippen molar-refractivity contribution in [2.24, 2.45) is 5.73 Å². The van der Waals surface area contributed by atoms with Gasteiger partial charge in [-0.1, -0.05) is 6.92 Å². The Labute approximate surface area is 104 Å². The van der Waals surface area contributed by atoms with Gasteiger partial charge in [-0.2, -0.15) is 0 Å². The Morgan fingerprint density at radius 1 is 1.41 bits per heavy atom. The molecule has 0 radical (unpaired) electrons. The van der Waals surface area contributed by atoms with Crippen LogP contribution in [0.25, 0.3) is 0 Å². The minimum atomic E-state index is 0.425. The maximum absolute atomic E-state index is 5.98. The quantitative estimate of drug-likeness (QED) is 0.874. The lowest BCUT2D eigenvalue weighted by molar-refractivity contribution is 0.114. The third-order valence-corrected chi connectivity index (χ3v) is 4.10. The van der Waals surface area contributed by atoms with Crippen LogP contribution in [0.1, 0.15) is 51.1 Å². The average Bonchev–Trinajstić information content (AvgIpc) is 2.86. The van der Waals surface area contributed by atoms with Crippen molar-refractivity contribution in [1.29, 1.82) is 0 Å². The second-order valence-electron chi connectivity index (χ2n) is 5.13. The molecule has 2 rings (SSSR count). The zero-order chi connectivity index (χ0) is 12.3. The van der Waals surface area contributed by atoms with Gasteiger partial charge in [-0.05, 0) is 45.2 Å². The Hall–Kier alpha value is -0.800. The Morgan fingerprint density at radius 2 is 2.12 bits per heavy atom. The van der Waals surface area contributed by atoms with Gasteiger partial charge >= 0.3 is 0 Å². The van der Waals surface area contributed by atoms with E-state index in [1.54, 1.807) is 6.26 Å². The molecule has 0 saturated heterocycles. The molecule has 0 amide bonds. The van der Waals surface area contributed by atoms with Crippen LogP contribution in [0, 0.1) is 0 Å². The van der Waals surface area contributed by atoms with E-state index in [0.717, 1.165) is 6.54 Å². The summed E-state index contributed by atoms with van der Waals surface area (Å²) in [6, 6.07) is 3.62. The highest BCUT2D eigenvalue weighted by Crippen LogP contribution is 2.29. The molecule has 0 spiro atoms. The lowest BCUT2D eigenvalue weighted by atomic mass is 9.89. The topological polar surface area (TPSA) is 42.4 Å². The van der Waals surface area contributed by atoms with E-state index in [1.807, 2.05) is 6.26 Å². The fraction of sp³-hybridized carbons (Fsp3) is 0.714. The Balaban J connectivity index is 2.01. The normalized spacial score (nSPS) is 27.3. The van der Waals surface area contributed by atoms with E-state index < -0.39 is 0 Å². The summed E-state index contributed by atoms with van der Waals surface area (Å²) in [6.07, 6.45) is 8.42. The maximum Gasteiger partial charge on any atom is 0.0950 e. The van der Waals surface area contributed by atoms with E-state index in [-0.39, 0.29) is 0 Å². The summed E-state index contributed by atoms with van der Waals surface area (Å²) in [4.78, 5) is 2.58. The number of rotatable bonds is 4. The lowest BCUT2D eigenvalue weighted by Crippen LogP contribution is -2.42. The van der Waals surface area contributed by atoms with Crippen LogP contribution in [0.4, 0.5) is 0 Å². The van der Waals surface area contributed by atoms with E-state index in [0.29, 0.717) is 18.1 Å². The number of furan rings is 1. The highest BCUT2D eigenvalue weighted by Gasteiger charge is 2.27. The summed E-state index contributed by atoms with van der Waals surface area (Å²) in [5, 5.41) is 0. The first-order valence-corrected chi connectivity index (χ1v) is 6.75. The monoisotopic (exact) mass is 236 g/mol. The molecule has 0 aliphatic heterocycles.